The molecule has 1 atom stereocenters. The van der Waals surface area contributed by atoms with Crippen molar-refractivity contribution in [3.8, 4) is 0 Å². The Kier molecular flexibility index (Phi) is 5.75. The third kappa shape index (κ3) is 4.28. The van der Waals surface area contributed by atoms with E-state index >= 15 is 0 Å². The molecule has 0 aliphatic carbocycles. The molecule has 0 aliphatic rings. The molecule has 7 nitrogen and oxygen atoms in total. The first-order chi connectivity index (χ1) is 13.0. The summed E-state index contributed by atoms with van der Waals surface area (Å²) in [5.41, 5.74) is 2.26. The summed E-state index contributed by atoms with van der Waals surface area (Å²) in [7, 11) is 0. The van der Waals surface area contributed by atoms with Crippen molar-refractivity contribution in [3.63, 3.8) is 0 Å². The Hall–Kier alpha value is -2.87. The Morgan fingerprint density at radius 3 is 2.81 bits per heavy atom. The van der Waals surface area contributed by atoms with E-state index in [1.54, 1.807) is 30.8 Å². The van der Waals surface area contributed by atoms with Crippen LogP contribution in [-0.2, 0) is 21.8 Å². The molecule has 8 heteroatoms. The summed E-state index contributed by atoms with van der Waals surface area (Å²) in [6.07, 6.45) is 1.39. The van der Waals surface area contributed by atoms with Crippen molar-refractivity contribution in [3.05, 3.63) is 70.0 Å². The number of nitro benzene ring substituents is 1. The first-order valence-corrected chi connectivity index (χ1v) is 9.76. The van der Waals surface area contributed by atoms with Crippen molar-refractivity contribution in [2.24, 2.45) is 0 Å². The Morgan fingerprint density at radius 2 is 2.07 bits per heavy atom. The van der Waals surface area contributed by atoms with Gasteiger partial charge in [0.25, 0.3) is 5.69 Å². The lowest BCUT2D eigenvalue weighted by Gasteiger charge is -2.15. The van der Waals surface area contributed by atoms with E-state index in [1.807, 2.05) is 35.1 Å². The zero-order valence-electron chi connectivity index (χ0n) is 15.0. The molecule has 1 aromatic heterocycles. The second-order valence-corrected chi connectivity index (χ2v) is 6.89. The van der Waals surface area contributed by atoms with Gasteiger partial charge < -0.3 is 9.30 Å². The molecule has 1 heterocycles. The maximum Gasteiger partial charge on any atom is 0.326 e. The molecule has 3 aromatic rings. The van der Waals surface area contributed by atoms with Gasteiger partial charge in [0.2, 0.25) is 0 Å². The molecular weight excluding hydrogens is 366 g/mol. The van der Waals surface area contributed by atoms with Crippen LogP contribution in [0, 0.1) is 10.1 Å². The van der Waals surface area contributed by atoms with Crippen LogP contribution < -0.4 is 0 Å². The van der Waals surface area contributed by atoms with E-state index in [2.05, 4.69) is 4.98 Å². The minimum atomic E-state index is -0.587. The number of non-ortho nitro benzene ring substituents is 1. The summed E-state index contributed by atoms with van der Waals surface area (Å²) in [5.74, 6) is 1.07. The number of imidazole rings is 1. The number of hydrogen-bond donors (Lipinski definition) is 0. The number of benzene rings is 2. The van der Waals surface area contributed by atoms with E-state index in [4.69, 9.17) is 4.74 Å². The summed E-state index contributed by atoms with van der Waals surface area (Å²) < 4.78 is 7.37. The fourth-order valence-corrected chi connectivity index (χ4v) is 3.34. The fraction of sp³-hybridized carbons (Fsp3) is 0.263. The van der Waals surface area contributed by atoms with Crippen molar-refractivity contribution in [1.29, 1.82) is 0 Å². The van der Waals surface area contributed by atoms with Gasteiger partial charge in [-0.15, -0.1) is 0 Å². The Balaban J connectivity index is 1.78. The third-order valence-electron chi connectivity index (χ3n) is 4.15. The minimum absolute atomic E-state index is 0.0294. The number of fused-ring (bicyclic) bond motifs is 1. The van der Waals surface area contributed by atoms with Gasteiger partial charge in [-0.3, -0.25) is 14.9 Å². The molecular formula is C19H19N3O4S. The van der Waals surface area contributed by atoms with E-state index < -0.39 is 17.0 Å². The minimum Gasteiger partial charge on any atom is -0.456 e. The molecule has 0 radical (unpaired) electrons. The van der Waals surface area contributed by atoms with Crippen molar-refractivity contribution in [1.82, 2.24) is 9.55 Å². The molecule has 27 heavy (non-hydrogen) atoms. The van der Waals surface area contributed by atoms with Gasteiger partial charge in [-0.25, -0.2) is 4.98 Å². The summed E-state index contributed by atoms with van der Waals surface area (Å²) in [6, 6.07) is 13.8. The van der Waals surface area contributed by atoms with Gasteiger partial charge in [0.15, 0.2) is 0 Å². The van der Waals surface area contributed by atoms with E-state index in [9.17, 15) is 14.9 Å². The second-order valence-electron chi connectivity index (χ2n) is 6.02. The van der Waals surface area contributed by atoms with Crippen LogP contribution in [0.2, 0.25) is 0 Å². The molecule has 0 spiro atoms. The van der Waals surface area contributed by atoms with Crippen molar-refractivity contribution in [2.75, 3.05) is 6.26 Å². The average molecular weight is 385 g/mol. The van der Waals surface area contributed by atoms with E-state index in [-0.39, 0.29) is 12.2 Å². The lowest BCUT2D eigenvalue weighted by atomic mass is 10.1. The van der Waals surface area contributed by atoms with E-state index in [1.165, 1.54) is 12.1 Å². The van der Waals surface area contributed by atoms with Gasteiger partial charge in [0.1, 0.15) is 18.5 Å². The first kappa shape index (κ1) is 18.9. The monoisotopic (exact) mass is 385 g/mol. The van der Waals surface area contributed by atoms with Gasteiger partial charge >= 0.3 is 5.97 Å². The fourth-order valence-electron chi connectivity index (χ4n) is 2.86. The summed E-state index contributed by atoms with van der Waals surface area (Å²) in [5, 5.41) is 10.9. The quantitative estimate of drug-likeness (QED) is 0.345. The van der Waals surface area contributed by atoms with Crippen LogP contribution in [-0.4, -0.2) is 26.7 Å². The molecule has 0 aliphatic heterocycles. The smallest absolute Gasteiger partial charge is 0.326 e. The first-order valence-electron chi connectivity index (χ1n) is 8.36. The van der Waals surface area contributed by atoms with Crippen molar-refractivity contribution < 1.29 is 14.5 Å². The molecule has 3 rings (SSSR count). The van der Waals surface area contributed by atoms with Crippen LogP contribution in [0.4, 0.5) is 5.69 Å². The number of nitro groups is 1. The van der Waals surface area contributed by atoms with Gasteiger partial charge in [0, 0.05) is 12.1 Å². The lowest BCUT2D eigenvalue weighted by molar-refractivity contribution is -0.385. The second kappa shape index (κ2) is 8.22. The molecule has 0 unspecified atom stereocenters. The number of ether oxygens (including phenoxy) is 1. The predicted molar refractivity (Wildman–Crippen MR) is 105 cm³/mol. The molecule has 2 aromatic carbocycles. The summed E-state index contributed by atoms with van der Waals surface area (Å²) >= 11 is 1.63. The molecule has 0 saturated heterocycles. The number of esters is 1. The summed E-state index contributed by atoms with van der Waals surface area (Å²) in [6.45, 7) is 1.74. The number of nitrogens with zero attached hydrogens (tertiary/aromatic N) is 3. The Labute approximate surface area is 160 Å². The number of carbonyl (C=O) groups is 1. The normalized spacial score (nSPS) is 12.1. The Bertz CT molecular complexity index is 986. The topological polar surface area (TPSA) is 87.3 Å². The largest absolute Gasteiger partial charge is 0.456 e. The van der Waals surface area contributed by atoms with Gasteiger partial charge in [-0.2, -0.15) is 11.8 Å². The highest BCUT2D eigenvalue weighted by atomic mass is 32.2. The van der Waals surface area contributed by atoms with Crippen LogP contribution >= 0.6 is 11.8 Å². The van der Waals surface area contributed by atoms with Crippen LogP contribution in [0.1, 0.15) is 24.4 Å². The molecule has 0 fully saturated rings. The van der Waals surface area contributed by atoms with E-state index in [0.717, 1.165) is 16.9 Å². The average Bonchev–Trinajstić information content (AvgIpc) is 2.99. The van der Waals surface area contributed by atoms with Gasteiger partial charge in [0.05, 0.1) is 21.7 Å². The van der Waals surface area contributed by atoms with Crippen LogP contribution in [0.25, 0.3) is 11.0 Å². The number of hydrogen-bond acceptors (Lipinski definition) is 6. The highest BCUT2D eigenvalue weighted by molar-refractivity contribution is 7.97. The summed E-state index contributed by atoms with van der Waals surface area (Å²) in [4.78, 5) is 27.5. The number of para-hydroxylation sites is 2. The van der Waals surface area contributed by atoms with Gasteiger partial charge in [-0.05, 0) is 30.9 Å². The third-order valence-corrected chi connectivity index (χ3v) is 4.70. The van der Waals surface area contributed by atoms with E-state index in [0.29, 0.717) is 11.3 Å². The zero-order valence-corrected chi connectivity index (χ0v) is 15.8. The SMILES string of the molecule is CSCc1nc2ccccc2n1CC(=O)O[C@H](C)c1cccc([N+](=O)[O-])c1. The maximum absolute atomic E-state index is 12.5. The lowest BCUT2D eigenvalue weighted by Crippen LogP contribution is -2.17. The molecule has 0 N–H and O–H groups in total. The number of carbonyl (C=O) groups excluding carboxylic acids is 1. The number of thioether (sulfide) groups is 1. The predicted octanol–water partition coefficient (Wildman–Crippen LogP) is 4.11. The van der Waals surface area contributed by atoms with Crippen LogP contribution in [0.5, 0.6) is 0 Å². The number of aromatic nitrogens is 2. The van der Waals surface area contributed by atoms with Crippen molar-refractivity contribution >= 4 is 34.5 Å². The van der Waals surface area contributed by atoms with Crippen LogP contribution in [0.3, 0.4) is 0 Å². The molecule has 0 saturated carbocycles. The molecule has 140 valence electrons. The van der Waals surface area contributed by atoms with Gasteiger partial charge in [-0.1, -0.05) is 24.3 Å². The zero-order chi connectivity index (χ0) is 19.4. The van der Waals surface area contributed by atoms with Crippen LogP contribution in [0.15, 0.2) is 48.5 Å². The highest BCUT2D eigenvalue weighted by Gasteiger charge is 2.18. The Morgan fingerprint density at radius 1 is 1.30 bits per heavy atom. The number of rotatable bonds is 7. The molecule has 0 bridgehead atoms. The van der Waals surface area contributed by atoms with Crippen molar-refractivity contribution in [2.45, 2.75) is 25.3 Å². The maximum atomic E-state index is 12.5. The molecule has 0 amide bonds. The standard InChI is InChI=1S/C19H19N3O4S/c1-13(14-6-5-7-15(10-14)22(24)25)26-19(23)11-21-17-9-4-3-8-16(17)20-18(21)12-27-2/h3-10,13H,11-12H2,1-2H3/t13-/m1/s1. The highest BCUT2D eigenvalue weighted by Crippen LogP contribution is 2.23.